The van der Waals surface area contributed by atoms with Crippen molar-refractivity contribution < 1.29 is 0 Å². The molecule has 0 aromatic carbocycles. The van der Waals surface area contributed by atoms with E-state index in [0.717, 1.165) is 18.0 Å². The highest BCUT2D eigenvalue weighted by molar-refractivity contribution is 4.80. The highest BCUT2D eigenvalue weighted by Crippen LogP contribution is 2.28. The molecule has 0 radical (unpaired) electrons. The number of nitrogens with one attached hydrogen (secondary N) is 1. The van der Waals surface area contributed by atoms with Crippen LogP contribution in [0.15, 0.2) is 0 Å². The molecule has 0 spiro atoms. The summed E-state index contributed by atoms with van der Waals surface area (Å²) in [6, 6.07) is 1.52. The lowest BCUT2D eigenvalue weighted by molar-refractivity contribution is 0.319. The minimum atomic E-state index is 0.746. The van der Waals surface area contributed by atoms with Crippen LogP contribution < -0.4 is 5.32 Å². The largest absolute Gasteiger partial charge is 0.311 e. The van der Waals surface area contributed by atoms with Gasteiger partial charge in [-0.1, -0.05) is 39.5 Å². The van der Waals surface area contributed by atoms with Gasteiger partial charge in [0.1, 0.15) is 0 Å². The average molecular weight is 211 g/mol. The third-order valence-electron chi connectivity index (χ3n) is 3.88. The van der Waals surface area contributed by atoms with Gasteiger partial charge in [-0.15, -0.1) is 0 Å². The lowest BCUT2D eigenvalue weighted by Gasteiger charge is -2.26. The fourth-order valence-electron chi connectivity index (χ4n) is 2.97. The Bertz CT molecular complexity index is 143. The topological polar surface area (TPSA) is 12.0 Å². The van der Waals surface area contributed by atoms with E-state index in [1.807, 2.05) is 0 Å². The summed E-state index contributed by atoms with van der Waals surface area (Å²) in [4.78, 5) is 0. The molecule has 15 heavy (non-hydrogen) atoms. The molecule has 1 aliphatic rings. The van der Waals surface area contributed by atoms with Gasteiger partial charge in [-0.05, 0) is 38.5 Å². The summed E-state index contributed by atoms with van der Waals surface area (Å²) in [5.74, 6) is 0.959. The van der Waals surface area contributed by atoms with E-state index in [-0.39, 0.29) is 0 Å². The van der Waals surface area contributed by atoms with Crippen LogP contribution >= 0.6 is 0 Å². The van der Waals surface area contributed by atoms with Crippen LogP contribution in [0.4, 0.5) is 0 Å². The van der Waals surface area contributed by atoms with E-state index in [0.29, 0.717) is 0 Å². The van der Waals surface area contributed by atoms with Gasteiger partial charge >= 0.3 is 0 Å². The van der Waals surface area contributed by atoms with Gasteiger partial charge in [-0.25, -0.2) is 0 Å². The van der Waals surface area contributed by atoms with Crippen molar-refractivity contribution in [2.75, 3.05) is 0 Å². The highest BCUT2D eigenvalue weighted by atomic mass is 14.9. The van der Waals surface area contributed by atoms with Crippen LogP contribution in [-0.4, -0.2) is 12.1 Å². The van der Waals surface area contributed by atoms with Gasteiger partial charge in [-0.3, -0.25) is 0 Å². The first-order valence-corrected chi connectivity index (χ1v) is 7.04. The van der Waals surface area contributed by atoms with Crippen molar-refractivity contribution in [1.29, 1.82) is 0 Å². The minimum Gasteiger partial charge on any atom is -0.311 e. The molecule has 90 valence electrons. The van der Waals surface area contributed by atoms with E-state index in [2.05, 4.69) is 26.1 Å². The number of rotatable bonds is 7. The second-order valence-electron chi connectivity index (χ2n) is 5.27. The minimum absolute atomic E-state index is 0.746. The second-order valence-corrected chi connectivity index (χ2v) is 5.27. The van der Waals surface area contributed by atoms with Gasteiger partial charge in [0.2, 0.25) is 0 Å². The Kier molecular flexibility index (Phi) is 6.31. The highest BCUT2D eigenvalue weighted by Gasteiger charge is 2.22. The summed E-state index contributed by atoms with van der Waals surface area (Å²) in [6.07, 6.45) is 11.2. The molecule has 0 amide bonds. The van der Waals surface area contributed by atoms with Crippen LogP contribution in [-0.2, 0) is 0 Å². The van der Waals surface area contributed by atoms with Crippen LogP contribution in [0.1, 0.15) is 72.1 Å². The van der Waals surface area contributed by atoms with Crippen molar-refractivity contribution in [3.63, 3.8) is 0 Å². The maximum absolute atomic E-state index is 3.86. The number of hydrogen-bond acceptors (Lipinski definition) is 1. The molecule has 0 saturated heterocycles. The normalized spacial score (nSPS) is 20.0. The Labute approximate surface area is 96.0 Å². The SMILES string of the molecule is CCCC(CCC)N[C@H](C)C1CCCC1. The molecule has 1 aliphatic carbocycles. The average Bonchev–Trinajstić information content (AvgIpc) is 2.71. The summed E-state index contributed by atoms with van der Waals surface area (Å²) in [5.41, 5.74) is 0. The molecule has 1 N–H and O–H groups in total. The first kappa shape index (κ1) is 13.0. The molecule has 0 heterocycles. The predicted molar refractivity (Wildman–Crippen MR) is 68.2 cm³/mol. The lowest BCUT2D eigenvalue weighted by atomic mass is 9.97. The van der Waals surface area contributed by atoms with Crippen LogP contribution in [0.5, 0.6) is 0 Å². The van der Waals surface area contributed by atoms with E-state index in [1.54, 1.807) is 0 Å². The first-order chi connectivity index (χ1) is 7.27. The molecule has 0 unspecified atom stereocenters. The maximum atomic E-state index is 3.86. The monoisotopic (exact) mass is 211 g/mol. The molecule has 1 fully saturated rings. The van der Waals surface area contributed by atoms with Crippen LogP contribution in [0.25, 0.3) is 0 Å². The molecule has 0 aromatic rings. The number of hydrogen-bond donors (Lipinski definition) is 1. The molecule has 1 atom stereocenters. The summed E-state index contributed by atoms with van der Waals surface area (Å²) >= 11 is 0. The van der Waals surface area contributed by atoms with Crippen molar-refractivity contribution in [2.24, 2.45) is 5.92 Å². The van der Waals surface area contributed by atoms with Gasteiger partial charge in [-0.2, -0.15) is 0 Å². The van der Waals surface area contributed by atoms with Crippen molar-refractivity contribution in [1.82, 2.24) is 5.32 Å². The van der Waals surface area contributed by atoms with Crippen molar-refractivity contribution in [3.05, 3.63) is 0 Å². The van der Waals surface area contributed by atoms with E-state index in [1.165, 1.54) is 51.4 Å². The second kappa shape index (κ2) is 7.27. The molecule has 1 heteroatoms. The van der Waals surface area contributed by atoms with E-state index in [4.69, 9.17) is 0 Å². The van der Waals surface area contributed by atoms with Gasteiger partial charge in [0.25, 0.3) is 0 Å². The molecule has 0 aliphatic heterocycles. The first-order valence-electron chi connectivity index (χ1n) is 7.04. The van der Waals surface area contributed by atoms with E-state index < -0.39 is 0 Å². The van der Waals surface area contributed by atoms with Crippen molar-refractivity contribution in [2.45, 2.75) is 84.2 Å². The zero-order valence-corrected chi connectivity index (χ0v) is 10.9. The van der Waals surface area contributed by atoms with E-state index in [9.17, 15) is 0 Å². The fourth-order valence-corrected chi connectivity index (χ4v) is 2.97. The Morgan fingerprint density at radius 3 is 2.07 bits per heavy atom. The Balaban J connectivity index is 2.28. The van der Waals surface area contributed by atoms with Gasteiger partial charge in [0.05, 0.1) is 0 Å². The maximum Gasteiger partial charge on any atom is 0.00695 e. The Hall–Kier alpha value is -0.0400. The molecule has 1 saturated carbocycles. The third-order valence-corrected chi connectivity index (χ3v) is 3.88. The van der Waals surface area contributed by atoms with Gasteiger partial charge < -0.3 is 5.32 Å². The summed E-state index contributed by atoms with van der Waals surface area (Å²) < 4.78 is 0. The van der Waals surface area contributed by atoms with Crippen LogP contribution in [0.2, 0.25) is 0 Å². The Morgan fingerprint density at radius 2 is 1.60 bits per heavy atom. The zero-order valence-electron chi connectivity index (χ0n) is 10.9. The molecular formula is C14H29N. The molecular weight excluding hydrogens is 182 g/mol. The molecule has 1 nitrogen and oxygen atoms in total. The fraction of sp³-hybridized carbons (Fsp3) is 1.00. The van der Waals surface area contributed by atoms with Gasteiger partial charge in [0.15, 0.2) is 0 Å². The predicted octanol–water partition coefficient (Wildman–Crippen LogP) is 4.12. The van der Waals surface area contributed by atoms with Crippen molar-refractivity contribution in [3.8, 4) is 0 Å². The van der Waals surface area contributed by atoms with Crippen LogP contribution in [0.3, 0.4) is 0 Å². The third kappa shape index (κ3) is 4.55. The summed E-state index contributed by atoms with van der Waals surface area (Å²) in [5, 5.41) is 3.86. The zero-order chi connectivity index (χ0) is 11.1. The quantitative estimate of drug-likeness (QED) is 0.668. The smallest absolute Gasteiger partial charge is 0.00695 e. The standard InChI is InChI=1S/C14H29N/c1-4-8-14(9-5-2)15-12(3)13-10-6-7-11-13/h12-15H,4-11H2,1-3H3/t12-/m1/s1. The summed E-state index contributed by atoms with van der Waals surface area (Å²) in [6.45, 7) is 6.99. The molecule has 0 aromatic heterocycles. The summed E-state index contributed by atoms with van der Waals surface area (Å²) in [7, 11) is 0. The van der Waals surface area contributed by atoms with E-state index >= 15 is 0 Å². The van der Waals surface area contributed by atoms with Crippen LogP contribution in [0, 0.1) is 5.92 Å². The van der Waals surface area contributed by atoms with Crippen molar-refractivity contribution >= 4 is 0 Å². The molecule has 0 bridgehead atoms. The molecule has 1 rings (SSSR count). The Morgan fingerprint density at radius 1 is 1.07 bits per heavy atom. The van der Waals surface area contributed by atoms with Gasteiger partial charge in [0, 0.05) is 12.1 Å². The lowest BCUT2D eigenvalue weighted by Crippen LogP contribution is -2.40.